The summed E-state index contributed by atoms with van der Waals surface area (Å²) >= 11 is 0. The molecule has 43 heavy (non-hydrogen) atoms. The Morgan fingerprint density at radius 3 is 2.05 bits per heavy atom. The van der Waals surface area contributed by atoms with E-state index in [2.05, 4.69) is 5.32 Å². The van der Waals surface area contributed by atoms with Gasteiger partial charge in [0.25, 0.3) is 0 Å². The summed E-state index contributed by atoms with van der Waals surface area (Å²) in [7, 11) is 0. The van der Waals surface area contributed by atoms with Gasteiger partial charge < -0.3 is 19.5 Å². The Morgan fingerprint density at radius 2 is 1.53 bits per heavy atom. The number of likely N-dealkylation sites (tertiary alicyclic amines) is 1. The van der Waals surface area contributed by atoms with E-state index in [0.29, 0.717) is 51.0 Å². The second kappa shape index (κ2) is 12.6. The number of benzene rings is 2. The molecule has 0 aromatic heterocycles. The zero-order valence-corrected chi connectivity index (χ0v) is 24.3. The predicted molar refractivity (Wildman–Crippen MR) is 146 cm³/mol. The number of nitrogens with zero attached hydrogens (tertiary/aromatic N) is 2. The van der Waals surface area contributed by atoms with E-state index in [1.165, 1.54) is 0 Å². The topological polar surface area (TPSA) is 74.3 Å². The van der Waals surface area contributed by atoms with Crippen LogP contribution in [0.25, 0.3) is 0 Å². The molecule has 2 aliphatic rings. The molecule has 2 N–H and O–H groups in total. The van der Waals surface area contributed by atoms with Crippen molar-refractivity contribution in [3.63, 3.8) is 0 Å². The minimum absolute atomic E-state index is 0.0261. The van der Waals surface area contributed by atoms with E-state index in [-0.39, 0.29) is 30.4 Å². The third-order valence-electron chi connectivity index (χ3n) is 7.69. The summed E-state index contributed by atoms with van der Waals surface area (Å²) in [5, 5.41) is 14.4. The number of piperidine rings is 1. The molecule has 0 spiro atoms. The second-order valence-corrected chi connectivity index (χ2v) is 12.1. The molecule has 2 unspecified atom stereocenters. The van der Waals surface area contributed by atoms with Gasteiger partial charge in [-0.2, -0.15) is 26.3 Å². The highest BCUT2D eigenvalue weighted by atomic mass is 19.4. The number of aliphatic hydroxyl groups excluding tert-OH is 1. The summed E-state index contributed by atoms with van der Waals surface area (Å²) in [5.74, 6) is 0. The van der Waals surface area contributed by atoms with Crippen LogP contribution in [-0.4, -0.2) is 65.2 Å². The smallest absolute Gasteiger partial charge is 0.416 e. The summed E-state index contributed by atoms with van der Waals surface area (Å²) in [5.41, 5.74) is -3.88. The lowest BCUT2D eigenvalue weighted by atomic mass is 9.85. The summed E-state index contributed by atoms with van der Waals surface area (Å²) in [6.07, 6.45) is -9.73. The Hall–Kier alpha value is -2.87. The van der Waals surface area contributed by atoms with E-state index in [1.807, 2.05) is 23.1 Å². The monoisotopic (exact) mass is 617 g/mol. The van der Waals surface area contributed by atoms with Crippen LogP contribution < -0.4 is 5.32 Å². The molecule has 2 aliphatic heterocycles. The Bertz CT molecular complexity index is 1210. The van der Waals surface area contributed by atoms with Gasteiger partial charge in [0.2, 0.25) is 0 Å². The van der Waals surface area contributed by atoms with Crippen LogP contribution in [-0.2, 0) is 34.0 Å². The van der Waals surface area contributed by atoms with Gasteiger partial charge in [0.15, 0.2) is 6.35 Å². The van der Waals surface area contributed by atoms with E-state index in [9.17, 15) is 36.2 Å². The molecule has 2 fully saturated rings. The van der Waals surface area contributed by atoms with Crippen molar-refractivity contribution in [2.45, 2.75) is 82.5 Å². The van der Waals surface area contributed by atoms with E-state index in [0.717, 1.165) is 5.56 Å². The number of hydrogen-bond acceptors (Lipinski definition) is 6. The lowest BCUT2D eigenvalue weighted by molar-refractivity contribution is -0.143. The normalized spacial score (nSPS) is 22.9. The Morgan fingerprint density at radius 1 is 0.953 bits per heavy atom. The Balaban J connectivity index is 1.45. The van der Waals surface area contributed by atoms with Crippen LogP contribution in [0.2, 0.25) is 0 Å². The molecule has 4 rings (SSSR count). The number of hydrogen-bond donors (Lipinski definition) is 2. The standard InChI is InChI=1S/C30H37F6N3O4/c1-27(2,3)43-26(41)38-12-9-24(10-13-38)39-14-11-28(37-25(39)40,21-7-5-4-6-8-21)19-42-18-20-15-22(29(31,32)33)17-23(16-20)30(34,35)36/h4-8,15-17,24-25,37,40H,9-14,18-19H2,1-3H3. The highest BCUT2D eigenvalue weighted by molar-refractivity contribution is 5.68. The van der Waals surface area contributed by atoms with Gasteiger partial charge in [0.1, 0.15) is 5.60 Å². The van der Waals surface area contributed by atoms with Gasteiger partial charge in [-0.15, -0.1) is 0 Å². The van der Waals surface area contributed by atoms with Crippen LogP contribution in [0, 0.1) is 0 Å². The quantitative estimate of drug-likeness (QED) is 0.382. The first-order valence-electron chi connectivity index (χ1n) is 14.1. The number of carbonyl (C=O) groups is 1. The van der Waals surface area contributed by atoms with E-state index >= 15 is 0 Å². The fraction of sp³-hybridized carbons (Fsp3) is 0.567. The highest BCUT2D eigenvalue weighted by Crippen LogP contribution is 2.37. The number of ether oxygens (including phenoxy) is 2. The largest absolute Gasteiger partial charge is 0.444 e. The molecule has 7 nitrogen and oxygen atoms in total. The SMILES string of the molecule is CC(C)(C)OC(=O)N1CCC(N2CCC(COCc3cc(C(F)(F)F)cc(C(F)(F)F)c3)(c3ccccc3)NC2O)CC1. The number of rotatable bonds is 6. The number of amides is 1. The molecule has 0 aliphatic carbocycles. The van der Waals surface area contributed by atoms with Crippen LogP contribution in [0.5, 0.6) is 0 Å². The number of alkyl halides is 6. The fourth-order valence-corrected chi connectivity index (χ4v) is 5.56. The molecule has 2 heterocycles. The lowest BCUT2D eigenvalue weighted by Crippen LogP contribution is -2.65. The van der Waals surface area contributed by atoms with Crippen molar-refractivity contribution in [3.8, 4) is 0 Å². The van der Waals surface area contributed by atoms with Gasteiger partial charge in [0.05, 0.1) is 29.9 Å². The average molecular weight is 618 g/mol. The first kappa shape index (κ1) is 33.0. The molecular weight excluding hydrogens is 580 g/mol. The van der Waals surface area contributed by atoms with Crippen molar-refractivity contribution in [2.75, 3.05) is 26.2 Å². The number of nitrogens with one attached hydrogen (secondary N) is 1. The van der Waals surface area contributed by atoms with Crippen LogP contribution >= 0.6 is 0 Å². The van der Waals surface area contributed by atoms with E-state index in [1.54, 1.807) is 37.8 Å². The first-order valence-corrected chi connectivity index (χ1v) is 14.1. The number of halogens is 6. The summed E-state index contributed by atoms with van der Waals surface area (Å²) < 4.78 is 91.1. The number of carbonyl (C=O) groups excluding carboxylic acids is 1. The van der Waals surface area contributed by atoms with Gasteiger partial charge in [-0.1, -0.05) is 30.3 Å². The molecule has 238 valence electrons. The van der Waals surface area contributed by atoms with Crippen molar-refractivity contribution in [3.05, 3.63) is 70.8 Å². The third-order valence-corrected chi connectivity index (χ3v) is 7.69. The lowest BCUT2D eigenvalue weighted by Gasteiger charge is -2.49. The molecule has 0 bridgehead atoms. The Kier molecular flexibility index (Phi) is 9.70. The van der Waals surface area contributed by atoms with E-state index in [4.69, 9.17) is 9.47 Å². The molecule has 1 amide bonds. The Labute approximate surface area is 246 Å². The minimum atomic E-state index is -4.96. The summed E-state index contributed by atoms with van der Waals surface area (Å²) in [6, 6.07) is 10.4. The van der Waals surface area contributed by atoms with Crippen LogP contribution in [0.15, 0.2) is 48.5 Å². The minimum Gasteiger partial charge on any atom is -0.444 e. The van der Waals surface area contributed by atoms with Crippen LogP contribution in [0.1, 0.15) is 62.3 Å². The molecule has 2 aromatic carbocycles. The van der Waals surface area contributed by atoms with Gasteiger partial charge >= 0.3 is 18.4 Å². The van der Waals surface area contributed by atoms with Gasteiger partial charge in [-0.3, -0.25) is 10.2 Å². The van der Waals surface area contributed by atoms with Gasteiger partial charge in [0, 0.05) is 25.7 Å². The number of aliphatic hydroxyl groups is 1. The zero-order valence-electron chi connectivity index (χ0n) is 24.3. The van der Waals surface area contributed by atoms with Crippen LogP contribution in [0.4, 0.5) is 31.1 Å². The second-order valence-electron chi connectivity index (χ2n) is 12.1. The molecule has 13 heteroatoms. The van der Waals surface area contributed by atoms with Crippen molar-refractivity contribution >= 4 is 6.09 Å². The van der Waals surface area contributed by atoms with Crippen molar-refractivity contribution < 1.29 is 45.7 Å². The van der Waals surface area contributed by atoms with Crippen LogP contribution in [0.3, 0.4) is 0 Å². The van der Waals surface area contributed by atoms with E-state index < -0.39 is 47.6 Å². The van der Waals surface area contributed by atoms with Crippen molar-refractivity contribution in [1.29, 1.82) is 0 Å². The summed E-state index contributed by atoms with van der Waals surface area (Å²) in [6.45, 7) is 6.16. The maximum absolute atomic E-state index is 13.3. The highest BCUT2D eigenvalue weighted by Gasteiger charge is 2.43. The molecular formula is C30H37F6N3O4. The average Bonchev–Trinajstić information content (AvgIpc) is 2.92. The fourth-order valence-electron chi connectivity index (χ4n) is 5.56. The first-order chi connectivity index (χ1) is 20.0. The maximum Gasteiger partial charge on any atom is 0.416 e. The van der Waals surface area contributed by atoms with Crippen molar-refractivity contribution in [1.82, 2.24) is 15.1 Å². The van der Waals surface area contributed by atoms with Crippen molar-refractivity contribution in [2.24, 2.45) is 0 Å². The predicted octanol–water partition coefficient (Wildman–Crippen LogP) is 6.11. The zero-order chi connectivity index (χ0) is 31.6. The molecule has 2 aromatic rings. The molecule has 2 saturated heterocycles. The summed E-state index contributed by atoms with van der Waals surface area (Å²) in [4.78, 5) is 16.0. The third kappa shape index (κ3) is 8.40. The maximum atomic E-state index is 13.3. The van der Waals surface area contributed by atoms with Gasteiger partial charge in [-0.25, -0.2) is 4.79 Å². The molecule has 0 saturated carbocycles. The molecule has 2 atom stereocenters. The molecule has 0 radical (unpaired) electrons. The van der Waals surface area contributed by atoms with Gasteiger partial charge in [-0.05, 0) is 69.4 Å².